The van der Waals surface area contributed by atoms with Crippen molar-refractivity contribution in [3.8, 4) is 0 Å². The van der Waals surface area contributed by atoms with Gasteiger partial charge in [0.05, 0.1) is 6.54 Å². The second kappa shape index (κ2) is 10.6. The van der Waals surface area contributed by atoms with Crippen LogP contribution in [0.4, 0.5) is 0 Å². The van der Waals surface area contributed by atoms with Gasteiger partial charge >= 0.3 is 0 Å². The second-order valence-corrected chi connectivity index (χ2v) is 6.00. The molecule has 1 N–H and O–H groups in total. The molecule has 2 rings (SSSR count). The van der Waals surface area contributed by atoms with Crippen molar-refractivity contribution >= 4 is 41.3 Å². The van der Waals surface area contributed by atoms with Crippen LogP contribution in [0.1, 0.15) is 23.5 Å². The fourth-order valence-electron chi connectivity index (χ4n) is 2.01. The first kappa shape index (κ1) is 19.9. The van der Waals surface area contributed by atoms with Gasteiger partial charge in [0.15, 0.2) is 11.8 Å². The predicted molar refractivity (Wildman–Crippen MR) is 105 cm³/mol. The Morgan fingerprint density at radius 2 is 2.26 bits per heavy atom. The molecule has 128 valence electrons. The topological polar surface area (TPSA) is 66.5 Å². The zero-order valence-electron chi connectivity index (χ0n) is 13.8. The Kier molecular flexibility index (Phi) is 9.15. The Bertz CT molecular complexity index is 584. The van der Waals surface area contributed by atoms with Gasteiger partial charge in [-0.1, -0.05) is 11.2 Å². The van der Waals surface area contributed by atoms with E-state index in [9.17, 15) is 0 Å². The minimum absolute atomic E-state index is 0. The lowest BCUT2D eigenvalue weighted by Crippen LogP contribution is -2.40. The molecule has 0 amide bonds. The van der Waals surface area contributed by atoms with Crippen molar-refractivity contribution in [3.63, 3.8) is 0 Å². The molecular weight excluding hydrogens is 425 g/mol. The van der Waals surface area contributed by atoms with Gasteiger partial charge in [-0.25, -0.2) is 0 Å². The first-order valence-corrected chi connectivity index (χ1v) is 8.38. The highest BCUT2D eigenvalue weighted by molar-refractivity contribution is 14.0. The average molecular weight is 449 g/mol. The molecule has 0 fully saturated rings. The van der Waals surface area contributed by atoms with Crippen LogP contribution in [-0.4, -0.2) is 47.7 Å². The van der Waals surface area contributed by atoms with E-state index in [1.807, 2.05) is 6.92 Å². The standard InChI is InChI=1S/C15H23N5OS.HI/c1-4-16-15(17-9-7-14-18-12(2)19-21-14)20(3)10-8-13-6-5-11-22-13;/h5-6,11H,4,7-10H2,1-3H3,(H,16,17);1H. The fourth-order valence-corrected chi connectivity index (χ4v) is 2.71. The number of aliphatic imine (C=N–C) groups is 1. The van der Waals surface area contributed by atoms with E-state index < -0.39 is 0 Å². The van der Waals surface area contributed by atoms with Crippen LogP contribution in [0.5, 0.6) is 0 Å². The molecule has 0 spiro atoms. The quantitative estimate of drug-likeness (QED) is 0.400. The predicted octanol–water partition coefficient (Wildman–Crippen LogP) is 2.74. The average Bonchev–Trinajstić information content (AvgIpc) is 3.15. The maximum Gasteiger partial charge on any atom is 0.228 e. The molecule has 8 heteroatoms. The van der Waals surface area contributed by atoms with Crippen molar-refractivity contribution in [1.29, 1.82) is 0 Å². The molecular formula is C15H24IN5OS. The number of hydrogen-bond donors (Lipinski definition) is 1. The van der Waals surface area contributed by atoms with Gasteiger partial charge in [-0.15, -0.1) is 35.3 Å². The molecule has 0 radical (unpaired) electrons. The third-order valence-corrected chi connectivity index (χ3v) is 4.06. The Labute approximate surface area is 158 Å². The number of thiophene rings is 1. The highest BCUT2D eigenvalue weighted by Crippen LogP contribution is 2.09. The molecule has 23 heavy (non-hydrogen) atoms. The monoisotopic (exact) mass is 449 g/mol. The van der Waals surface area contributed by atoms with Crippen LogP contribution in [-0.2, 0) is 12.8 Å². The van der Waals surface area contributed by atoms with Crippen LogP contribution in [0, 0.1) is 6.92 Å². The SMILES string of the molecule is CCNC(=NCCc1nc(C)no1)N(C)CCc1cccs1.I. The smallest absolute Gasteiger partial charge is 0.228 e. The van der Waals surface area contributed by atoms with Crippen molar-refractivity contribution < 1.29 is 4.52 Å². The summed E-state index contributed by atoms with van der Waals surface area (Å²) in [5.74, 6) is 2.22. The molecule has 0 aliphatic rings. The van der Waals surface area contributed by atoms with Gasteiger partial charge in [-0.2, -0.15) is 4.98 Å². The minimum atomic E-state index is 0. The Morgan fingerprint density at radius 3 is 2.87 bits per heavy atom. The van der Waals surface area contributed by atoms with Gasteiger partial charge in [-0.05, 0) is 31.7 Å². The zero-order chi connectivity index (χ0) is 15.8. The molecule has 0 saturated carbocycles. The molecule has 6 nitrogen and oxygen atoms in total. The van der Waals surface area contributed by atoms with E-state index in [0.29, 0.717) is 24.7 Å². The first-order chi connectivity index (χ1) is 10.7. The molecule has 0 atom stereocenters. The fraction of sp³-hybridized carbons (Fsp3) is 0.533. The summed E-state index contributed by atoms with van der Waals surface area (Å²) in [5.41, 5.74) is 0. The third-order valence-electron chi connectivity index (χ3n) is 3.13. The largest absolute Gasteiger partial charge is 0.357 e. The molecule has 2 aromatic heterocycles. The van der Waals surface area contributed by atoms with Crippen LogP contribution in [0.25, 0.3) is 0 Å². The Morgan fingerprint density at radius 1 is 1.43 bits per heavy atom. The highest BCUT2D eigenvalue weighted by atomic mass is 127. The zero-order valence-corrected chi connectivity index (χ0v) is 16.9. The summed E-state index contributed by atoms with van der Waals surface area (Å²) in [6, 6.07) is 4.26. The summed E-state index contributed by atoms with van der Waals surface area (Å²) in [7, 11) is 2.06. The van der Waals surface area contributed by atoms with E-state index in [0.717, 1.165) is 25.5 Å². The summed E-state index contributed by atoms with van der Waals surface area (Å²) in [5, 5.41) is 9.21. The van der Waals surface area contributed by atoms with E-state index in [1.165, 1.54) is 4.88 Å². The lowest BCUT2D eigenvalue weighted by atomic mass is 10.3. The normalized spacial score (nSPS) is 11.2. The van der Waals surface area contributed by atoms with Crippen molar-refractivity contribution in [1.82, 2.24) is 20.4 Å². The minimum Gasteiger partial charge on any atom is -0.357 e. The van der Waals surface area contributed by atoms with Crippen molar-refractivity contribution in [2.75, 3.05) is 26.7 Å². The second-order valence-electron chi connectivity index (χ2n) is 4.97. The number of aryl methyl sites for hydroxylation is 1. The number of nitrogens with zero attached hydrogens (tertiary/aromatic N) is 4. The summed E-state index contributed by atoms with van der Waals surface area (Å²) in [6.07, 6.45) is 1.69. The van der Waals surface area contributed by atoms with Crippen molar-refractivity contribution in [2.45, 2.75) is 26.7 Å². The molecule has 0 aromatic carbocycles. The Hall–Kier alpha value is -1.16. The van der Waals surface area contributed by atoms with E-state index in [4.69, 9.17) is 4.52 Å². The van der Waals surface area contributed by atoms with Crippen molar-refractivity contribution in [2.24, 2.45) is 4.99 Å². The van der Waals surface area contributed by atoms with Gasteiger partial charge < -0.3 is 14.7 Å². The molecule has 0 aliphatic heterocycles. The number of aromatic nitrogens is 2. The molecule has 2 aromatic rings. The van der Waals surface area contributed by atoms with Crippen LogP contribution >= 0.6 is 35.3 Å². The molecule has 2 heterocycles. The number of likely N-dealkylation sites (N-methyl/N-ethyl adjacent to an activating group) is 1. The number of nitrogens with one attached hydrogen (secondary N) is 1. The molecule has 0 saturated heterocycles. The van der Waals surface area contributed by atoms with Crippen LogP contribution in [0.15, 0.2) is 27.0 Å². The van der Waals surface area contributed by atoms with E-state index in [2.05, 4.69) is 56.8 Å². The number of guanidine groups is 1. The van der Waals surface area contributed by atoms with Crippen LogP contribution in [0.2, 0.25) is 0 Å². The first-order valence-electron chi connectivity index (χ1n) is 7.50. The summed E-state index contributed by atoms with van der Waals surface area (Å²) in [6.45, 7) is 6.31. The van der Waals surface area contributed by atoms with Gasteiger partial charge in [0.25, 0.3) is 0 Å². The number of hydrogen-bond acceptors (Lipinski definition) is 5. The lowest BCUT2D eigenvalue weighted by Gasteiger charge is -2.21. The molecule has 0 unspecified atom stereocenters. The maximum atomic E-state index is 5.10. The summed E-state index contributed by atoms with van der Waals surface area (Å²) >= 11 is 1.79. The molecule has 0 bridgehead atoms. The number of halogens is 1. The summed E-state index contributed by atoms with van der Waals surface area (Å²) in [4.78, 5) is 12.4. The van der Waals surface area contributed by atoms with Gasteiger partial charge in [0.1, 0.15) is 0 Å². The van der Waals surface area contributed by atoms with Gasteiger partial charge in [0.2, 0.25) is 5.89 Å². The van der Waals surface area contributed by atoms with E-state index in [1.54, 1.807) is 11.3 Å². The Balaban J connectivity index is 0.00000264. The van der Waals surface area contributed by atoms with E-state index in [-0.39, 0.29) is 24.0 Å². The maximum absolute atomic E-state index is 5.10. The highest BCUT2D eigenvalue weighted by Gasteiger charge is 2.07. The third kappa shape index (κ3) is 6.86. The summed E-state index contributed by atoms with van der Waals surface area (Å²) < 4.78 is 5.10. The van der Waals surface area contributed by atoms with Crippen molar-refractivity contribution in [3.05, 3.63) is 34.1 Å². The number of rotatable bonds is 7. The van der Waals surface area contributed by atoms with E-state index >= 15 is 0 Å². The van der Waals surface area contributed by atoms with Crippen LogP contribution in [0.3, 0.4) is 0 Å². The lowest BCUT2D eigenvalue weighted by molar-refractivity contribution is 0.375. The van der Waals surface area contributed by atoms with Gasteiger partial charge in [0, 0.05) is 31.4 Å². The molecule has 0 aliphatic carbocycles. The van der Waals surface area contributed by atoms with Gasteiger partial charge in [-0.3, -0.25) is 4.99 Å². The van der Waals surface area contributed by atoms with Crippen LogP contribution < -0.4 is 5.32 Å².